The van der Waals surface area contributed by atoms with E-state index in [0.29, 0.717) is 5.56 Å². The number of urea groups is 1. The van der Waals surface area contributed by atoms with E-state index in [1.165, 1.54) is 7.05 Å². The number of amidine groups is 1. The lowest BCUT2D eigenvalue weighted by molar-refractivity contribution is 0.251. The van der Waals surface area contributed by atoms with Crippen molar-refractivity contribution >= 4 is 11.9 Å². The van der Waals surface area contributed by atoms with Gasteiger partial charge in [0.05, 0.1) is 0 Å². The maximum absolute atomic E-state index is 10.8. The van der Waals surface area contributed by atoms with E-state index in [2.05, 4.69) is 15.3 Å². The predicted molar refractivity (Wildman–Crippen MR) is 49.4 cm³/mol. The Hall–Kier alpha value is -1.91. The van der Waals surface area contributed by atoms with E-state index in [9.17, 15) is 4.79 Å². The normalized spacial score (nSPS) is 11.0. The number of hydrogen-bond acceptors (Lipinski definition) is 2. The highest BCUT2D eigenvalue weighted by Crippen LogP contribution is 1.95. The molecule has 0 atom stereocenters. The molecule has 5 nitrogen and oxygen atoms in total. The molecular weight excluding hydrogens is 168 g/mol. The highest BCUT2D eigenvalue weighted by molar-refractivity contribution is 6.03. The molecule has 0 saturated heterocycles. The summed E-state index contributed by atoms with van der Waals surface area (Å²) < 4.78 is 0. The minimum atomic E-state index is -0.464. The molecule has 0 aromatic carbocycles. The van der Waals surface area contributed by atoms with E-state index >= 15 is 0 Å². The standard InChI is InChI=1S/C8H10N4O/c1-10-8(13)12-7(9)6-2-4-11-5-3-6/h2-5H,1H3,(H3,9,10,12,13). The Morgan fingerprint density at radius 2 is 2.15 bits per heavy atom. The number of nitrogens with one attached hydrogen (secondary N) is 1. The summed E-state index contributed by atoms with van der Waals surface area (Å²) in [4.78, 5) is 18.2. The number of aromatic nitrogens is 1. The summed E-state index contributed by atoms with van der Waals surface area (Å²) >= 11 is 0. The molecule has 5 heteroatoms. The van der Waals surface area contributed by atoms with Crippen molar-refractivity contribution in [2.75, 3.05) is 7.05 Å². The van der Waals surface area contributed by atoms with Crippen LogP contribution in [0, 0.1) is 0 Å². The van der Waals surface area contributed by atoms with Gasteiger partial charge in [0.1, 0.15) is 5.84 Å². The summed E-state index contributed by atoms with van der Waals surface area (Å²) in [5, 5.41) is 2.34. The van der Waals surface area contributed by atoms with Crippen LogP contribution in [0.3, 0.4) is 0 Å². The highest BCUT2D eigenvalue weighted by atomic mass is 16.2. The minimum Gasteiger partial charge on any atom is -0.383 e. The van der Waals surface area contributed by atoms with Gasteiger partial charge in [-0.1, -0.05) is 0 Å². The van der Waals surface area contributed by atoms with Crippen LogP contribution in [0.2, 0.25) is 0 Å². The number of nitrogens with two attached hydrogens (primary N) is 1. The zero-order valence-corrected chi connectivity index (χ0v) is 7.19. The molecule has 0 saturated carbocycles. The van der Waals surface area contributed by atoms with E-state index < -0.39 is 6.03 Å². The first-order valence-electron chi connectivity index (χ1n) is 3.70. The minimum absolute atomic E-state index is 0.182. The predicted octanol–water partition coefficient (Wildman–Crippen LogP) is 0.126. The first kappa shape index (κ1) is 9.18. The monoisotopic (exact) mass is 178 g/mol. The van der Waals surface area contributed by atoms with Crippen molar-refractivity contribution in [2.45, 2.75) is 0 Å². The fourth-order valence-electron chi connectivity index (χ4n) is 0.753. The molecule has 0 unspecified atom stereocenters. The third-order valence-electron chi connectivity index (χ3n) is 1.41. The van der Waals surface area contributed by atoms with E-state index in [-0.39, 0.29) is 5.84 Å². The Kier molecular flexibility index (Phi) is 2.97. The van der Waals surface area contributed by atoms with Crippen LogP contribution in [0.5, 0.6) is 0 Å². The van der Waals surface area contributed by atoms with Gasteiger partial charge < -0.3 is 11.1 Å². The highest BCUT2D eigenvalue weighted by Gasteiger charge is 1.99. The van der Waals surface area contributed by atoms with Gasteiger partial charge >= 0.3 is 6.03 Å². The van der Waals surface area contributed by atoms with Gasteiger partial charge in [0.2, 0.25) is 0 Å². The lowest BCUT2D eigenvalue weighted by Crippen LogP contribution is -2.20. The number of hydrogen-bond donors (Lipinski definition) is 2. The Labute approximate surface area is 75.7 Å². The lowest BCUT2D eigenvalue weighted by Gasteiger charge is -1.98. The number of carbonyl (C=O) groups excluding carboxylic acids is 1. The topological polar surface area (TPSA) is 80.4 Å². The zero-order chi connectivity index (χ0) is 9.68. The van der Waals surface area contributed by atoms with Crippen LogP contribution in [0.25, 0.3) is 0 Å². The lowest BCUT2D eigenvalue weighted by atomic mass is 10.2. The van der Waals surface area contributed by atoms with Crippen LogP contribution in [0.4, 0.5) is 4.79 Å². The van der Waals surface area contributed by atoms with Gasteiger partial charge in [0.15, 0.2) is 0 Å². The summed E-state index contributed by atoms with van der Waals surface area (Å²) in [6, 6.07) is 2.90. The second kappa shape index (κ2) is 4.20. The van der Waals surface area contributed by atoms with Crippen LogP contribution in [0.1, 0.15) is 5.56 Å². The average molecular weight is 178 g/mol. The molecule has 1 aromatic rings. The molecule has 1 aromatic heterocycles. The van der Waals surface area contributed by atoms with Crippen molar-refractivity contribution in [1.82, 2.24) is 10.3 Å². The molecule has 1 heterocycles. The third kappa shape index (κ3) is 2.55. The van der Waals surface area contributed by atoms with Crippen molar-refractivity contribution in [3.8, 4) is 0 Å². The number of aliphatic imine (C=N–C) groups is 1. The first-order chi connectivity index (χ1) is 6.24. The number of rotatable bonds is 1. The van der Waals surface area contributed by atoms with Crippen LogP contribution in [-0.2, 0) is 0 Å². The molecule has 13 heavy (non-hydrogen) atoms. The van der Waals surface area contributed by atoms with Crippen molar-refractivity contribution in [2.24, 2.45) is 10.7 Å². The molecule has 1 rings (SSSR count). The summed E-state index contributed by atoms with van der Waals surface area (Å²) in [7, 11) is 1.49. The van der Waals surface area contributed by atoms with Crippen LogP contribution in [-0.4, -0.2) is 23.9 Å². The number of pyridine rings is 1. The van der Waals surface area contributed by atoms with Gasteiger partial charge in [-0.2, -0.15) is 4.99 Å². The van der Waals surface area contributed by atoms with Gasteiger partial charge in [-0.15, -0.1) is 0 Å². The van der Waals surface area contributed by atoms with Gasteiger partial charge in [0, 0.05) is 25.0 Å². The molecule has 0 aliphatic heterocycles. The number of amides is 2. The van der Waals surface area contributed by atoms with E-state index in [4.69, 9.17) is 5.73 Å². The molecule has 68 valence electrons. The molecule has 2 amide bonds. The van der Waals surface area contributed by atoms with Crippen molar-refractivity contribution in [3.05, 3.63) is 30.1 Å². The first-order valence-corrected chi connectivity index (χ1v) is 3.70. The van der Waals surface area contributed by atoms with Gasteiger partial charge in [0.25, 0.3) is 0 Å². The second-order valence-electron chi connectivity index (χ2n) is 2.29. The van der Waals surface area contributed by atoms with Crippen LogP contribution in [0.15, 0.2) is 29.5 Å². The second-order valence-corrected chi connectivity index (χ2v) is 2.29. The molecule has 0 radical (unpaired) electrons. The van der Waals surface area contributed by atoms with Gasteiger partial charge in [-0.25, -0.2) is 4.79 Å². The van der Waals surface area contributed by atoms with E-state index in [0.717, 1.165) is 0 Å². The summed E-state index contributed by atoms with van der Waals surface area (Å²) in [5.41, 5.74) is 6.21. The van der Waals surface area contributed by atoms with E-state index in [1.54, 1.807) is 24.5 Å². The Bertz CT molecular complexity index is 320. The quantitative estimate of drug-likeness (QED) is 0.473. The summed E-state index contributed by atoms with van der Waals surface area (Å²) in [5.74, 6) is 0.182. The molecular formula is C8H10N4O. The molecule has 0 fully saturated rings. The van der Waals surface area contributed by atoms with Crippen molar-refractivity contribution in [3.63, 3.8) is 0 Å². The Balaban J connectivity index is 2.85. The van der Waals surface area contributed by atoms with Gasteiger partial charge in [-0.05, 0) is 12.1 Å². The summed E-state index contributed by atoms with van der Waals surface area (Å²) in [6.45, 7) is 0. The van der Waals surface area contributed by atoms with E-state index in [1.807, 2.05) is 0 Å². The number of carbonyl (C=O) groups is 1. The zero-order valence-electron chi connectivity index (χ0n) is 7.19. The maximum atomic E-state index is 10.8. The molecule has 0 spiro atoms. The average Bonchev–Trinajstić information content (AvgIpc) is 2.19. The fourth-order valence-corrected chi connectivity index (χ4v) is 0.753. The van der Waals surface area contributed by atoms with Gasteiger partial charge in [-0.3, -0.25) is 4.98 Å². The maximum Gasteiger partial charge on any atom is 0.342 e. The number of nitrogens with zero attached hydrogens (tertiary/aromatic N) is 2. The summed E-state index contributed by atoms with van der Waals surface area (Å²) in [6.07, 6.45) is 3.17. The van der Waals surface area contributed by atoms with Crippen LogP contribution >= 0.6 is 0 Å². The largest absolute Gasteiger partial charge is 0.383 e. The molecule has 0 aliphatic rings. The molecule has 3 N–H and O–H groups in total. The van der Waals surface area contributed by atoms with Crippen LogP contribution < -0.4 is 11.1 Å². The Morgan fingerprint density at radius 1 is 1.54 bits per heavy atom. The van der Waals surface area contributed by atoms with Crippen molar-refractivity contribution in [1.29, 1.82) is 0 Å². The third-order valence-corrected chi connectivity index (χ3v) is 1.41. The molecule has 0 aliphatic carbocycles. The fraction of sp³-hybridized carbons (Fsp3) is 0.125. The molecule has 0 bridgehead atoms. The SMILES string of the molecule is CNC(=O)/N=C(\N)c1ccncc1. The Morgan fingerprint density at radius 3 is 2.69 bits per heavy atom. The smallest absolute Gasteiger partial charge is 0.342 e. The van der Waals surface area contributed by atoms with Crippen molar-refractivity contribution < 1.29 is 4.79 Å².